The first kappa shape index (κ1) is 16.7. The quantitative estimate of drug-likeness (QED) is 0.677. The monoisotopic (exact) mass is 281 g/mol. The molecule has 0 saturated heterocycles. The van der Waals surface area contributed by atoms with Gasteiger partial charge in [0.2, 0.25) is 5.91 Å². The van der Waals surface area contributed by atoms with Crippen molar-refractivity contribution in [2.75, 3.05) is 27.2 Å². The maximum absolute atomic E-state index is 11.8. The minimum Gasteiger partial charge on any atom is -0.468 e. The minimum absolute atomic E-state index is 0.0720. The van der Waals surface area contributed by atoms with E-state index >= 15 is 0 Å². The number of likely N-dealkylation sites (N-methyl/N-ethyl adjacent to an activating group) is 1. The Labute approximate surface area is 121 Å². The standard InChI is InChI=1S/C15H27N3O2/c1-12(2)16-9-5-8-15(19)17-11-13(18(3)4)14-7-6-10-20-14/h6-7,10,12-13,16H,5,8-9,11H2,1-4H3,(H,17,19). The fourth-order valence-corrected chi connectivity index (χ4v) is 1.96. The van der Waals surface area contributed by atoms with Crippen LogP contribution in [0.15, 0.2) is 22.8 Å². The van der Waals surface area contributed by atoms with Crippen LogP contribution in [-0.2, 0) is 4.79 Å². The highest BCUT2D eigenvalue weighted by atomic mass is 16.3. The zero-order valence-corrected chi connectivity index (χ0v) is 13.0. The van der Waals surface area contributed by atoms with Gasteiger partial charge in [0.25, 0.3) is 0 Å². The van der Waals surface area contributed by atoms with E-state index in [4.69, 9.17) is 4.42 Å². The number of hydrogen-bond donors (Lipinski definition) is 2. The van der Waals surface area contributed by atoms with Gasteiger partial charge in [0.1, 0.15) is 5.76 Å². The summed E-state index contributed by atoms with van der Waals surface area (Å²) in [6.45, 7) is 5.65. The molecule has 114 valence electrons. The summed E-state index contributed by atoms with van der Waals surface area (Å²) < 4.78 is 5.41. The highest BCUT2D eigenvalue weighted by Crippen LogP contribution is 2.17. The normalized spacial score (nSPS) is 12.9. The Hall–Kier alpha value is -1.33. The molecule has 1 aromatic heterocycles. The van der Waals surface area contributed by atoms with Gasteiger partial charge in [0, 0.05) is 19.0 Å². The lowest BCUT2D eigenvalue weighted by atomic mass is 10.2. The van der Waals surface area contributed by atoms with Gasteiger partial charge in [-0.25, -0.2) is 0 Å². The lowest BCUT2D eigenvalue weighted by molar-refractivity contribution is -0.121. The van der Waals surface area contributed by atoms with E-state index in [2.05, 4.69) is 24.5 Å². The zero-order valence-electron chi connectivity index (χ0n) is 13.0. The molecule has 5 nitrogen and oxygen atoms in total. The molecular weight excluding hydrogens is 254 g/mol. The SMILES string of the molecule is CC(C)NCCCC(=O)NCC(c1ccco1)N(C)C. The van der Waals surface area contributed by atoms with E-state index < -0.39 is 0 Å². The van der Waals surface area contributed by atoms with Gasteiger partial charge in [0.05, 0.1) is 12.3 Å². The molecule has 1 amide bonds. The Morgan fingerprint density at radius 3 is 2.70 bits per heavy atom. The summed E-state index contributed by atoms with van der Waals surface area (Å²) in [5.74, 6) is 0.964. The predicted octanol–water partition coefficient (Wildman–Crippen LogP) is 1.78. The highest BCUT2D eigenvalue weighted by Gasteiger charge is 2.17. The van der Waals surface area contributed by atoms with Gasteiger partial charge in [-0.1, -0.05) is 13.8 Å². The fraction of sp³-hybridized carbons (Fsp3) is 0.667. The van der Waals surface area contributed by atoms with Crippen molar-refractivity contribution in [1.29, 1.82) is 0 Å². The van der Waals surface area contributed by atoms with E-state index in [1.807, 2.05) is 31.1 Å². The molecule has 0 aliphatic heterocycles. The lowest BCUT2D eigenvalue weighted by Crippen LogP contribution is -2.34. The molecule has 1 unspecified atom stereocenters. The van der Waals surface area contributed by atoms with Gasteiger partial charge in [-0.2, -0.15) is 0 Å². The number of carbonyl (C=O) groups is 1. The van der Waals surface area contributed by atoms with Crippen molar-refractivity contribution in [3.05, 3.63) is 24.2 Å². The Morgan fingerprint density at radius 2 is 2.15 bits per heavy atom. The summed E-state index contributed by atoms with van der Waals surface area (Å²) in [7, 11) is 3.96. The zero-order chi connectivity index (χ0) is 15.0. The number of nitrogens with one attached hydrogen (secondary N) is 2. The van der Waals surface area contributed by atoms with Crippen LogP contribution in [0, 0.1) is 0 Å². The summed E-state index contributed by atoms with van der Waals surface area (Å²) >= 11 is 0. The molecule has 20 heavy (non-hydrogen) atoms. The van der Waals surface area contributed by atoms with Crippen LogP contribution >= 0.6 is 0 Å². The van der Waals surface area contributed by atoms with Crippen LogP contribution in [0.2, 0.25) is 0 Å². The number of carbonyl (C=O) groups excluding carboxylic acids is 1. The molecule has 1 rings (SSSR count). The van der Waals surface area contributed by atoms with Crippen molar-refractivity contribution in [2.45, 2.75) is 38.8 Å². The molecular formula is C15H27N3O2. The van der Waals surface area contributed by atoms with E-state index in [0.717, 1.165) is 18.7 Å². The number of hydrogen-bond acceptors (Lipinski definition) is 4. The first-order chi connectivity index (χ1) is 9.50. The summed E-state index contributed by atoms with van der Waals surface area (Å²) in [5, 5.41) is 6.28. The topological polar surface area (TPSA) is 57.5 Å². The molecule has 0 radical (unpaired) electrons. The van der Waals surface area contributed by atoms with Gasteiger partial charge in [0.15, 0.2) is 0 Å². The van der Waals surface area contributed by atoms with Crippen molar-refractivity contribution >= 4 is 5.91 Å². The third-order valence-corrected chi connectivity index (χ3v) is 3.12. The molecule has 0 fully saturated rings. The van der Waals surface area contributed by atoms with Gasteiger partial charge in [-0.05, 0) is 39.2 Å². The summed E-state index contributed by atoms with van der Waals surface area (Å²) in [6, 6.07) is 4.34. The molecule has 0 bridgehead atoms. The van der Waals surface area contributed by atoms with E-state index in [-0.39, 0.29) is 11.9 Å². The van der Waals surface area contributed by atoms with Crippen LogP contribution in [0.5, 0.6) is 0 Å². The first-order valence-electron chi connectivity index (χ1n) is 7.20. The maximum atomic E-state index is 11.8. The van der Waals surface area contributed by atoms with Crippen molar-refractivity contribution < 1.29 is 9.21 Å². The van der Waals surface area contributed by atoms with Gasteiger partial charge in [-0.15, -0.1) is 0 Å². The van der Waals surface area contributed by atoms with Crippen molar-refractivity contribution in [2.24, 2.45) is 0 Å². The third kappa shape index (κ3) is 6.21. The van der Waals surface area contributed by atoms with E-state index in [0.29, 0.717) is 19.0 Å². The number of amides is 1. The summed E-state index contributed by atoms with van der Waals surface area (Å²) in [6.07, 6.45) is 3.07. The Morgan fingerprint density at radius 1 is 1.40 bits per heavy atom. The average Bonchev–Trinajstić information content (AvgIpc) is 2.88. The molecule has 1 heterocycles. The second-order valence-electron chi connectivity index (χ2n) is 5.51. The van der Waals surface area contributed by atoms with Gasteiger partial charge in [-0.3, -0.25) is 9.69 Å². The second-order valence-corrected chi connectivity index (χ2v) is 5.51. The predicted molar refractivity (Wildman–Crippen MR) is 80.5 cm³/mol. The van der Waals surface area contributed by atoms with Gasteiger partial charge < -0.3 is 15.1 Å². The largest absolute Gasteiger partial charge is 0.468 e. The van der Waals surface area contributed by atoms with Crippen LogP contribution in [-0.4, -0.2) is 44.0 Å². The number of furan rings is 1. The number of nitrogens with zero attached hydrogens (tertiary/aromatic N) is 1. The summed E-state index contributed by atoms with van der Waals surface area (Å²) in [5.41, 5.74) is 0. The average molecular weight is 281 g/mol. The third-order valence-electron chi connectivity index (χ3n) is 3.12. The lowest BCUT2D eigenvalue weighted by Gasteiger charge is -2.22. The van der Waals surface area contributed by atoms with Crippen molar-refractivity contribution in [3.63, 3.8) is 0 Å². The molecule has 1 atom stereocenters. The van der Waals surface area contributed by atoms with E-state index in [1.165, 1.54) is 0 Å². The van der Waals surface area contributed by atoms with Gasteiger partial charge >= 0.3 is 0 Å². The molecule has 0 aromatic carbocycles. The van der Waals surface area contributed by atoms with Crippen LogP contribution in [0.4, 0.5) is 0 Å². The highest BCUT2D eigenvalue weighted by molar-refractivity contribution is 5.75. The van der Waals surface area contributed by atoms with Crippen LogP contribution in [0.25, 0.3) is 0 Å². The fourth-order valence-electron chi connectivity index (χ4n) is 1.96. The van der Waals surface area contributed by atoms with Crippen molar-refractivity contribution in [1.82, 2.24) is 15.5 Å². The van der Waals surface area contributed by atoms with Crippen molar-refractivity contribution in [3.8, 4) is 0 Å². The minimum atomic E-state index is 0.0720. The Balaban J connectivity index is 2.28. The Kier molecular flexibility index (Phi) is 7.33. The summed E-state index contributed by atoms with van der Waals surface area (Å²) in [4.78, 5) is 13.8. The first-order valence-corrected chi connectivity index (χ1v) is 7.20. The molecule has 0 aliphatic carbocycles. The van der Waals surface area contributed by atoms with Crippen LogP contribution < -0.4 is 10.6 Å². The molecule has 0 saturated carbocycles. The molecule has 2 N–H and O–H groups in total. The number of rotatable bonds is 9. The Bertz CT molecular complexity index is 374. The molecule has 5 heteroatoms. The molecule has 0 spiro atoms. The van der Waals surface area contributed by atoms with Crippen LogP contribution in [0.1, 0.15) is 38.5 Å². The smallest absolute Gasteiger partial charge is 0.220 e. The van der Waals surface area contributed by atoms with Crippen LogP contribution in [0.3, 0.4) is 0 Å². The molecule has 1 aromatic rings. The maximum Gasteiger partial charge on any atom is 0.220 e. The van der Waals surface area contributed by atoms with E-state index in [1.54, 1.807) is 6.26 Å². The second kappa shape index (κ2) is 8.76. The van der Waals surface area contributed by atoms with E-state index in [9.17, 15) is 4.79 Å². The molecule has 0 aliphatic rings.